The monoisotopic (exact) mass is 486 g/mol. The number of methoxy groups -OCH3 is 2. The number of ether oxygens (including phenoxy) is 3. The van der Waals surface area contributed by atoms with Gasteiger partial charge in [-0.2, -0.15) is 0 Å². The summed E-state index contributed by atoms with van der Waals surface area (Å²) in [6.45, 7) is 1.18. The summed E-state index contributed by atoms with van der Waals surface area (Å²) in [6, 6.07) is 12.6. The molecule has 3 aromatic rings. The van der Waals surface area contributed by atoms with Gasteiger partial charge >= 0.3 is 0 Å². The van der Waals surface area contributed by atoms with Gasteiger partial charge in [-0.05, 0) is 37.1 Å². The van der Waals surface area contributed by atoms with E-state index in [9.17, 15) is 4.79 Å². The molecule has 0 radical (unpaired) electrons. The Balaban J connectivity index is 1.78. The first-order valence-corrected chi connectivity index (χ1v) is 10.8. The maximum atomic E-state index is 13.0. The summed E-state index contributed by atoms with van der Waals surface area (Å²) in [6.07, 6.45) is 1.99. The Morgan fingerprint density at radius 1 is 1.16 bits per heavy atom. The number of fused-ring (bicyclic) bond motifs is 1. The molecule has 31 heavy (non-hydrogen) atoms. The fraction of sp³-hybridized carbons (Fsp3) is 0.304. The Labute approximate surface area is 188 Å². The highest BCUT2D eigenvalue weighted by atomic mass is 79.9. The number of carbonyl (C=O) groups is 1. The zero-order valence-corrected chi connectivity index (χ0v) is 18.9. The summed E-state index contributed by atoms with van der Waals surface area (Å²) in [5.41, 5.74) is 1.71. The molecule has 1 saturated heterocycles. The predicted molar refractivity (Wildman–Crippen MR) is 120 cm³/mol. The van der Waals surface area contributed by atoms with E-state index < -0.39 is 0 Å². The first-order valence-electron chi connectivity index (χ1n) is 9.97. The van der Waals surface area contributed by atoms with Gasteiger partial charge < -0.3 is 23.9 Å². The van der Waals surface area contributed by atoms with Gasteiger partial charge in [0.05, 0.1) is 26.0 Å². The number of hydrogen-bond acceptors (Lipinski definition) is 6. The molecule has 1 amide bonds. The van der Waals surface area contributed by atoms with Crippen molar-refractivity contribution in [3.05, 3.63) is 58.1 Å². The normalized spacial score (nSPS) is 16.5. The fourth-order valence-electron chi connectivity index (χ4n) is 3.43. The quantitative estimate of drug-likeness (QED) is 0.559. The molecule has 1 unspecified atom stereocenters. The van der Waals surface area contributed by atoms with E-state index in [0.717, 1.165) is 29.3 Å². The van der Waals surface area contributed by atoms with Crippen molar-refractivity contribution < 1.29 is 23.4 Å². The molecule has 162 valence electrons. The third kappa shape index (κ3) is 5.08. The van der Waals surface area contributed by atoms with Gasteiger partial charge in [-0.3, -0.25) is 4.79 Å². The van der Waals surface area contributed by atoms with Gasteiger partial charge in [0.25, 0.3) is 5.91 Å². The van der Waals surface area contributed by atoms with Crippen molar-refractivity contribution >= 4 is 38.5 Å². The molecule has 1 aromatic heterocycles. The number of nitrogens with one attached hydrogen (secondary N) is 1. The topological polar surface area (TPSA) is 82.3 Å². The SMILES string of the molecule is COc1cc(N=c2oc3ccc(Br)cc3cc2C(=O)NCC2CCCO2)cc(OC)c1. The van der Waals surface area contributed by atoms with E-state index in [2.05, 4.69) is 26.2 Å². The van der Waals surface area contributed by atoms with Crippen LogP contribution in [0, 0.1) is 0 Å². The van der Waals surface area contributed by atoms with Crippen molar-refractivity contribution in [3.63, 3.8) is 0 Å². The minimum atomic E-state index is -0.269. The molecule has 4 rings (SSSR count). The van der Waals surface area contributed by atoms with Crippen LogP contribution in [0.3, 0.4) is 0 Å². The van der Waals surface area contributed by atoms with Gasteiger partial charge in [-0.25, -0.2) is 4.99 Å². The standard InChI is InChI=1S/C23H23BrN2O5/c1-28-18-10-16(11-19(12-18)29-2)26-23-20(22(27)25-13-17-4-3-7-30-17)9-14-8-15(24)5-6-21(14)31-23/h5-6,8-12,17H,3-4,7,13H2,1-2H3,(H,25,27). The Bertz CT molecular complexity index is 1150. The molecule has 2 heterocycles. The highest BCUT2D eigenvalue weighted by Crippen LogP contribution is 2.28. The average molecular weight is 487 g/mol. The maximum Gasteiger partial charge on any atom is 0.256 e. The number of amides is 1. The van der Waals surface area contributed by atoms with E-state index in [0.29, 0.717) is 34.9 Å². The van der Waals surface area contributed by atoms with Crippen LogP contribution in [0.4, 0.5) is 5.69 Å². The highest BCUT2D eigenvalue weighted by molar-refractivity contribution is 9.10. The van der Waals surface area contributed by atoms with Crippen LogP contribution in [0.15, 0.2) is 56.3 Å². The summed E-state index contributed by atoms with van der Waals surface area (Å²) in [5.74, 6) is 0.911. The van der Waals surface area contributed by atoms with Gasteiger partial charge in [0.15, 0.2) is 0 Å². The molecular weight excluding hydrogens is 464 g/mol. The molecule has 1 atom stereocenters. The minimum Gasteiger partial charge on any atom is -0.497 e. The number of rotatable bonds is 6. The van der Waals surface area contributed by atoms with Crippen LogP contribution < -0.4 is 20.3 Å². The molecule has 0 bridgehead atoms. The molecule has 0 aliphatic carbocycles. The zero-order valence-electron chi connectivity index (χ0n) is 17.3. The Kier molecular flexibility index (Phi) is 6.58. The van der Waals surface area contributed by atoms with Crippen LogP contribution in [0.25, 0.3) is 11.0 Å². The van der Waals surface area contributed by atoms with Crippen LogP contribution in [0.5, 0.6) is 11.5 Å². The highest BCUT2D eigenvalue weighted by Gasteiger charge is 2.19. The van der Waals surface area contributed by atoms with Gasteiger partial charge in [0.2, 0.25) is 5.55 Å². The van der Waals surface area contributed by atoms with Gasteiger partial charge in [-0.15, -0.1) is 0 Å². The van der Waals surface area contributed by atoms with E-state index in [1.807, 2.05) is 18.2 Å². The lowest BCUT2D eigenvalue weighted by atomic mass is 10.1. The Hall–Kier alpha value is -2.84. The molecule has 1 aliphatic heterocycles. The minimum absolute atomic E-state index is 0.0403. The number of carbonyl (C=O) groups excluding carboxylic acids is 1. The number of nitrogens with zero attached hydrogens (tertiary/aromatic N) is 1. The lowest BCUT2D eigenvalue weighted by Crippen LogP contribution is -2.34. The Morgan fingerprint density at radius 3 is 2.61 bits per heavy atom. The summed E-state index contributed by atoms with van der Waals surface area (Å²) >= 11 is 3.46. The van der Waals surface area contributed by atoms with E-state index in [4.69, 9.17) is 18.6 Å². The van der Waals surface area contributed by atoms with Crippen molar-refractivity contribution in [1.82, 2.24) is 5.32 Å². The van der Waals surface area contributed by atoms with Gasteiger partial charge in [0, 0.05) is 41.2 Å². The first kappa shape index (κ1) is 21.4. The largest absolute Gasteiger partial charge is 0.497 e. The van der Waals surface area contributed by atoms with E-state index in [-0.39, 0.29) is 17.6 Å². The molecule has 0 spiro atoms. The molecular formula is C23H23BrN2O5. The number of hydrogen-bond donors (Lipinski definition) is 1. The fourth-order valence-corrected chi connectivity index (χ4v) is 3.81. The zero-order chi connectivity index (χ0) is 21.8. The van der Waals surface area contributed by atoms with Crippen LogP contribution in [-0.2, 0) is 4.74 Å². The Morgan fingerprint density at radius 2 is 1.94 bits per heavy atom. The predicted octanol–water partition coefficient (Wildman–Crippen LogP) is 4.35. The molecule has 8 heteroatoms. The summed E-state index contributed by atoms with van der Waals surface area (Å²) in [7, 11) is 3.14. The third-order valence-electron chi connectivity index (χ3n) is 5.03. The van der Waals surface area contributed by atoms with Crippen LogP contribution in [0.1, 0.15) is 23.2 Å². The van der Waals surface area contributed by atoms with Crippen molar-refractivity contribution in [3.8, 4) is 11.5 Å². The summed E-state index contributed by atoms with van der Waals surface area (Å²) < 4.78 is 23.2. The molecule has 1 aliphatic rings. The van der Waals surface area contributed by atoms with Crippen LogP contribution in [-0.4, -0.2) is 39.4 Å². The van der Waals surface area contributed by atoms with E-state index in [1.165, 1.54) is 0 Å². The smallest absolute Gasteiger partial charge is 0.256 e. The van der Waals surface area contributed by atoms with E-state index >= 15 is 0 Å². The lowest BCUT2D eigenvalue weighted by molar-refractivity contribution is 0.0854. The second-order valence-corrected chi connectivity index (χ2v) is 8.09. The second kappa shape index (κ2) is 9.53. The maximum absolute atomic E-state index is 13.0. The van der Waals surface area contributed by atoms with Crippen molar-refractivity contribution in [2.75, 3.05) is 27.4 Å². The lowest BCUT2D eigenvalue weighted by Gasteiger charge is -2.11. The van der Waals surface area contributed by atoms with Crippen LogP contribution >= 0.6 is 15.9 Å². The second-order valence-electron chi connectivity index (χ2n) is 7.18. The van der Waals surface area contributed by atoms with Crippen molar-refractivity contribution in [1.29, 1.82) is 0 Å². The molecule has 0 saturated carbocycles. The van der Waals surface area contributed by atoms with Crippen molar-refractivity contribution in [2.45, 2.75) is 18.9 Å². The molecule has 7 nitrogen and oxygen atoms in total. The molecule has 1 fully saturated rings. The van der Waals surface area contributed by atoms with Gasteiger partial charge in [0.1, 0.15) is 22.6 Å². The molecule has 1 N–H and O–H groups in total. The van der Waals surface area contributed by atoms with Crippen LogP contribution in [0.2, 0.25) is 0 Å². The number of halogens is 1. The van der Waals surface area contributed by atoms with Crippen molar-refractivity contribution in [2.24, 2.45) is 4.99 Å². The first-order chi connectivity index (χ1) is 15.1. The summed E-state index contributed by atoms with van der Waals surface area (Å²) in [4.78, 5) is 17.6. The summed E-state index contributed by atoms with van der Waals surface area (Å²) in [5, 5.41) is 3.74. The van der Waals surface area contributed by atoms with E-state index in [1.54, 1.807) is 38.5 Å². The average Bonchev–Trinajstić information content (AvgIpc) is 3.30. The van der Waals surface area contributed by atoms with Gasteiger partial charge in [-0.1, -0.05) is 15.9 Å². The molecule has 2 aromatic carbocycles. The number of benzene rings is 2. The third-order valence-corrected chi connectivity index (χ3v) is 5.53.